The molecule has 2 aromatic rings. The summed E-state index contributed by atoms with van der Waals surface area (Å²) in [4.78, 5) is 8.35. The molecule has 0 aliphatic carbocycles. The fourth-order valence-corrected chi connectivity index (χ4v) is 6.52. The first-order valence-electron chi connectivity index (χ1n) is 6.48. The van der Waals surface area contributed by atoms with Crippen LogP contribution < -0.4 is 0 Å². The van der Waals surface area contributed by atoms with E-state index >= 15 is 0 Å². The van der Waals surface area contributed by atoms with Gasteiger partial charge >= 0.3 is 0 Å². The van der Waals surface area contributed by atoms with Crippen molar-refractivity contribution in [2.45, 2.75) is 11.5 Å². The molecule has 1 aromatic carbocycles. The standard InChI is InChI=1S/C15H14N2S4/c1-2-4-15-12(3-1)8-18-9-13(15)10-19-21-20-11-14-7-16-5-6-17-14/h1-7,9H,8,10-11H2. The highest BCUT2D eigenvalue weighted by atomic mass is 33.5. The summed E-state index contributed by atoms with van der Waals surface area (Å²) in [5, 5.41) is 2.31. The second-order valence-corrected chi connectivity index (χ2v) is 9.49. The molecule has 2 heterocycles. The van der Waals surface area contributed by atoms with E-state index in [2.05, 4.69) is 39.6 Å². The van der Waals surface area contributed by atoms with Crippen LogP contribution >= 0.6 is 43.2 Å². The Kier molecular flexibility index (Phi) is 5.97. The Morgan fingerprint density at radius 1 is 1.10 bits per heavy atom. The minimum absolute atomic E-state index is 0.899. The lowest BCUT2D eigenvalue weighted by Gasteiger charge is -2.16. The quantitative estimate of drug-likeness (QED) is 0.518. The van der Waals surface area contributed by atoms with Gasteiger partial charge in [-0.3, -0.25) is 9.97 Å². The van der Waals surface area contributed by atoms with Gasteiger partial charge in [0, 0.05) is 35.8 Å². The van der Waals surface area contributed by atoms with Gasteiger partial charge in [0.25, 0.3) is 0 Å². The minimum Gasteiger partial charge on any atom is -0.261 e. The lowest BCUT2D eigenvalue weighted by atomic mass is 10.0. The van der Waals surface area contributed by atoms with Gasteiger partial charge in [0.15, 0.2) is 0 Å². The fraction of sp³-hybridized carbons (Fsp3) is 0.200. The van der Waals surface area contributed by atoms with E-state index < -0.39 is 0 Å². The Morgan fingerprint density at radius 2 is 2.00 bits per heavy atom. The van der Waals surface area contributed by atoms with Crippen molar-refractivity contribution in [1.29, 1.82) is 0 Å². The van der Waals surface area contributed by atoms with E-state index in [1.807, 2.05) is 49.4 Å². The van der Waals surface area contributed by atoms with Gasteiger partial charge in [-0.1, -0.05) is 45.9 Å². The van der Waals surface area contributed by atoms with Crippen LogP contribution in [0.1, 0.15) is 16.8 Å². The molecule has 0 radical (unpaired) electrons. The number of aromatic nitrogens is 2. The maximum atomic E-state index is 4.28. The zero-order valence-electron chi connectivity index (χ0n) is 11.3. The van der Waals surface area contributed by atoms with Gasteiger partial charge in [0.05, 0.1) is 5.69 Å². The number of benzene rings is 1. The molecule has 3 rings (SSSR count). The highest BCUT2D eigenvalue weighted by Crippen LogP contribution is 2.41. The molecule has 0 spiro atoms. The van der Waals surface area contributed by atoms with Crippen molar-refractivity contribution < 1.29 is 0 Å². The number of nitrogens with zero attached hydrogens (tertiary/aromatic N) is 2. The zero-order valence-corrected chi connectivity index (χ0v) is 14.5. The van der Waals surface area contributed by atoms with Crippen LogP contribution in [0.2, 0.25) is 0 Å². The molecule has 0 fully saturated rings. The second-order valence-electron chi connectivity index (χ2n) is 4.40. The molecule has 0 saturated carbocycles. The second kappa shape index (κ2) is 8.17. The normalized spacial score (nSPS) is 13.6. The third-order valence-corrected chi connectivity index (χ3v) is 7.94. The molecule has 0 atom stereocenters. The summed E-state index contributed by atoms with van der Waals surface area (Å²) in [5.74, 6) is 3.04. The molecule has 1 aromatic heterocycles. The number of hydrogen-bond donors (Lipinski definition) is 0. The summed E-state index contributed by atoms with van der Waals surface area (Å²) >= 11 is 1.90. The van der Waals surface area contributed by atoms with Crippen LogP contribution in [0.15, 0.2) is 48.3 Å². The zero-order chi connectivity index (χ0) is 14.3. The van der Waals surface area contributed by atoms with Crippen molar-refractivity contribution >= 4 is 48.7 Å². The summed E-state index contributed by atoms with van der Waals surface area (Å²) in [6, 6.07) is 8.72. The van der Waals surface area contributed by atoms with Gasteiger partial charge in [-0.2, -0.15) is 0 Å². The van der Waals surface area contributed by atoms with Gasteiger partial charge in [-0.05, 0) is 31.9 Å². The lowest BCUT2D eigenvalue weighted by Crippen LogP contribution is -1.97. The average Bonchev–Trinajstić information content (AvgIpc) is 2.56. The van der Waals surface area contributed by atoms with E-state index in [9.17, 15) is 0 Å². The van der Waals surface area contributed by atoms with Gasteiger partial charge < -0.3 is 0 Å². The number of fused-ring (bicyclic) bond motifs is 1. The van der Waals surface area contributed by atoms with Gasteiger partial charge in [-0.25, -0.2) is 0 Å². The molecule has 1 aliphatic rings. The molecule has 0 unspecified atom stereocenters. The predicted molar refractivity (Wildman–Crippen MR) is 99.1 cm³/mol. The number of thioether (sulfide) groups is 1. The van der Waals surface area contributed by atoms with Crippen LogP contribution in [0.25, 0.3) is 5.57 Å². The van der Waals surface area contributed by atoms with Crippen molar-refractivity contribution in [2.24, 2.45) is 0 Å². The molecule has 2 nitrogen and oxygen atoms in total. The third-order valence-electron chi connectivity index (χ3n) is 2.96. The van der Waals surface area contributed by atoms with E-state index in [1.165, 1.54) is 16.7 Å². The van der Waals surface area contributed by atoms with Crippen molar-refractivity contribution in [2.75, 3.05) is 5.75 Å². The summed E-state index contributed by atoms with van der Waals surface area (Å²) in [5.41, 5.74) is 5.36. The molecule has 21 heavy (non-hydrogen) atoms. The number of rotatable bonds is 6. The van der Waals surface area contributed by atoms with E-state index in [0.29, 0.717) is 0 Å². The maximum Gasteiger partial charge on any atom is 0.0694 e. The van der Waals surface area contributed by atoms with E-state index in [4.69, 9.17) is 0 Å². The molecule has 0 bridgehead atoms. The molecular formula is C15H14N2S4. The molecule has 0 N–H and O–H groups in total. The van der Waals surface area contributed by atoms with Crippen molar-refractivity contribution in [1.82, 2.24) is 9.97 Å². The smallest absolute Gasteiger partial charge is 0.0694 e. The summed E-state index contributed by atoms with van der Waals surface area (Å²) in [6.07, 6.45) is 5.28. The summed E-state index contributed by atoms with van der Waals surface area (Å²) in [7, 11) is 5.54. The van der Waals surface area contributed by atoms with E-state index in [1.54, 1.807) is 12.4 Å². The van der Waals surface area contributed by atoms with Gasteiger partial charge in [0.2, 0.25) is 0 Å². The highest BCUT2D eigenvalue weighted by Gasteiger charge is 2.12. The molecule has 0 amide bonds. The number of hydrogen-bond acceptors (Lipinski definition) is 6. The third kappa shape index (κ3) is 4.45. The fourth-order valence-electron chi connectivity index (χ4n) is 1.98. The molecular weight excluding hydrogens is 336 g/mol. The molecule has 6 heteroatoms. The Bertz CT molecular complexity index is 616. The topological polar surface area (TPSA) is 25.8 Å². The SMILES string of the molecule is C1=C(CSSSCc2cnccn2)c2ccccc2CS1. The van der Waals surface area contributed by atoms with Crippen molar-refractivity contribution in [3.63, 3.8) is 0 Å². The Balaban J connectivity index is 1.45. The first-order chi connectivity index (χ1) is 10.4. The Hall–Kier alpha value is -0.560. The van der Waals surface area contributed by atoms with Gasteiger partial charge in [0.1, 0.15) is 0 Å². The first-order valence-corrected chi connectivity index (χ1v) is 11.4. The predicted octanol–water partition coefficient (Wildman–Crippen LogP) is 5.29. The van der Waals surface area contributed by atoms with Crippen molar-refractivity contribution in [3.05, 3.63) is 65.1 Å². The van der Waals surface area contributed by atoms with Crippen LogP contribution in [0.3, 0.4) is 0 Å². The lowest BCUT2D eigenvalue weighted by molar-refractivity contribution is 1.10. The van der Waals surface area contributed by atoms with Crippen molar-refractivity contribution in [3.8, 4) is 0 Å². The van der Waals surface area contributed by atoms with E-state index in [-0.39, 0.29) is 0 Å². The summed E-state index contributed by atoms with van der Waals surface area (Å²) in [6.45, 7) is 0. The monoisotopic (exact) mass is 350 g/mol. The minimum atomic E-state index is 0.899. The van der Waals surface area contributed by atoms with Crippen LogP contribution in [0.5, 0.6) is 0 Å². The Labute approximate surface area is 140 Å². The van der Waals surface area contributed by atoms with Gasteiger partial charge in [-0.15, -0.1) is 11.8 Å². The van der Waals surface area contributed by atoms with Crippen LogP contribution in [0, 0.1) is 0 Å². The first kappa shape index (κ1) is 15.3. The largest absolute Gasteiger partial charge is 0.261 e. The summed E-state index contributed by atoms with van der Waals surface area (Å²) < 4.78 is 0. The maximum absolute atomic E-state index is 4.28. The molecule has 1 aliphatic heterocycles. The Morgan fingerprint density at radius 3 is 2.90 bits per heavy atom. The molecule has 0 saturated heterocycles. The van der Waals surface area contributed by atoms with Crippen LogP contribution in [-0.2, 0) is 11.5 Å². The van der Waals surface area contributed by atoms with Crippen LogP contribution in [0.4, 0.5) is 0 Å². The van der Waals surface area contributed by atoms with E-state index in [0.717, 1.165) is 23.0 Å². The van der Waals surface area contributed by atoms with Crippen LogP contribution in [-0.4, -0.2) is 15.7 Å². The molecule has 108 valence electrons. The average molecular weight is 351 g/mol. The highest BCUT2D eigenvalue weighted by molar-refractivity contribution is 9.09.